The van der Waals surface area contributed by atoms with E-state index in [4.69, 9.17) is 16.3 Å². The Balaban J connectivity index is 2.10. The van der Waals surface area contributed by atoms with Crippen molar-refractivity contribution in [2.24, 2.45) is 5.92 Å². The van der Waals surface area contributed by atoms with Crippen LogP contribution in [-0.4, -0.2) is 25.7 Å². The second kappa shape index (κ2) is 5.44. The monoisotopic (exact) mass is 414 g/mol. The first-order chi connectivity index (χ1) is 8.57. The number of alkyl halides is 3. The molecule has 0 N–H and O–H groups in total. The summed E-state index contributed by atoms with van der Waals surface area (Å²) in [4.78, 5) is 0.449. The number of rotatable bonds is 1. The summed E-state index contributed by atoms with van der Waals surface area (Å²) >= 11 is 14.1. The zero-order valence-electron chi connectivity index (χ0n) is 12.3. The van der Waals surface area contributed by atoms with Gasteiger partial charge in [0.15, 0.2) is 0 Å². The van der Waals surface area contributed by atoms with Gasteiger partial charge >= 0.3 is 0 Å². The molecular weight excluding hydrogens is 391 g/mol. The summed E-state index contributed by atoms with van der Waals surface area (Å²) in [5, 5.41) is 0.191. The van der Waals surface area contributed by atoms with Crippen LogP contribution >= 0.6 is 43.5 Å². The highest BCUT2D eigenvalue weighted by molar-refractivity contribution is 9.10. The number of halogens is 3. The topological polar surface area (TPSA) is 9.23 Å². The summed E-state index contributed by atoms with van der Waals surface area (Å²) in [5.74, 6) is 0.569. The number of hydrogen-bond donors (Lipinski definition) is 0. The van der Waals surface area contributed by atoms with Crippen LogP contribution in [0.2, 0.25) is 0 Å². The molecule has 19 heavy (non-hydrogen) atoms. The molecule has 1 saturated carbocycles. The van der Waals surface area contributed by atoms with E-state index in [1.165, 1.54) is 12.8 Å². The van der Waals surface area contributed by atoms with Crippen molar-refractivity contribution in [3.05, 3.63) is 0 Å². The van der Waals surface area contributed by atoms with Crippen LogP contribution in [0.5, 0.6) is 0 Å². The third-order valence-corrected chi connectivity index (χ3v) is 8.57. The van der Waals surface area contributed by atoms with E-state index in [-0.39, 0.29) is 20.9 Å². The Bertz CT molecular complexity index is 345. The van der Waals surface area contributed by atoms with Crippen LogP contribution in [-0.2, 0) is 4.74 Å². The van der Waals surface area contributed by atoms with Crippen molar-refractivity contribution in [1.29, 1.82) is 0 Å². The van der Waals surface area contributed by atoms with Crippen LogP contribution in [0.3, 0.4) is 0 Å². The average Bonchev–Trinajstić information content (AvgIpc) is 2.27. The van der Waals surface area contributed by atoms with Gasteiger partial charge in [-0.3, -0.25) is 0 Å². The van der Waals surface area contributed by atoms with Crippen LogP contribution in [0.15, 0.2) is 0 Å². The molecule has 0 aromatic carbocycles. The zero-order chi connectivity index (χ0) is 14.5. The third-order valence-electron chi connectivity index (χ3n) is 5.13. The number of hydrogen-bond acceptors (Lipinski definition) is 1. The molecule has 2 fully saturated rings. The molecule has 0 amide bonds. The van der Waals surface area contributed by atoms with E-state index in [2.05, 4.69) is 59.6 Å². The fraction of sp³-hybridized carbons (Fsp3) is 1.00. The maximum absolute atomic E-state index is 6.57. The van der Waals surface area contributed by atoms with Gasteiger partial charge in [-0.25, -0.2) is 0 Å². The van der Waals surface area contributed by atoms with Crippen molar-refractivity contribution in [2.45, 2.75) is 85.5 Å². The molecule has 0 aromatic rings. The van der Waals surface area contributed by atoms with E-state index in [1.54, 1.807) is 0 Å². The summed E-state index contributed by atoms with van der Waals surface area (Å²) < 4.78 is 6.60. The summed E-state index contributed by atoms with van der Waals surface area (Å²) in [6, 6.07) is 0. The molecule has 4 heteroatoms. The predicted molar refractivity (Wildman–Crippen MR) is 89.8 cm³/mol. The maximum Gasteiger partial charge on any atom is 0.0758 e. The highest BCUT2D eigenvalue weighted by Gasteiger charge is 2.50. The molecule has 5 atom stereocenters. The minimum atomic E-state index is -0.0933. The lowest BCUT2D eigenvalue weighted by atomic mass is 9.70. The van der Waals surface area contributed by atoms with Crippen molar-refractivity contribution in [2.75, 3.05) is 0 Å². The van der Waals surface area contributed by atoms with Gasteiger partial charge in [0.25, 0.3) is 0 Å². The fourth-order valence-electron chi connectivity index (χ4n) is 3.55. The van der Waals surface area contributed by atoms with Gasteiger partial charge in [-0.1, -0.05) is 31.9 Å². The second-order valence-corrected chi connectivity index (χ2v) is 10.7. The van der Waals surface area contributed by atoms with Gasteiger partial charge in [0, 0.05) is 14.5 Å². The zero-order valence-corrected chi connectivity index (χ0v) is 16.2. The highest BCUT2D eigenvalue weighted by atomic mass is 79.9. The fourth-order valence-corrected chi connectivity index (χ4v) is 4.61. The van der Waals surface area contributed by atoms with E-state index >= 15 is 0 Å². The van der Waals surface area contributed by atoms with Crippen LogP contribution in [0, 0.1) is 5.92 Å². The summed E-state index contributed by atoms with van der Waals surface area (Å²) in [6.45, 7) is 8.89. The molecule has 112 valence electrons. The SMILES string of the molecule is CC1(Br)CCC(C2(C)CCC(Br)C(C)(C)O2)CC1Cl. The van der Waals surface area contributed by atoms with Crippen molar-refractivity contribution >= 4 is 43.5 Å². The Morgan fingerprint density at radius 1 is 1.11 bits per heavy atom. The van der Waals surface area contributed by atoms with Gasteiger partial charge in [-0.05, 0) is 65.7 Å². The highest BCUT2D eigenvalue weighted by Crippen LogP contribution is 2.50. The summed E-state index contributed by atoms with van der Waals surface area (Å²) in [7, 11) is 0. The number of ether oxygens (including phenoxy) is 1. The lowest BCUT2D eigenvalue weighted by molar-refractivity contribution is -0.190. The first-order valence-electron chi connectivity index (χ1n) is 7.24. The van der Waals surface area contributed by atoms with Crippen molar-refractivity contribution in [1.82, 2.24) is 0 Å². The van der Waals surface area contributed by atoms with Crippen molar-refractivity contribution in [3.63, 3.8) is 0 Å². The van der Waals surface area contributed by atoms with E-state index < -0.39 is 0 Å². The predicted octanol–water partition coefficient (Wildman–Crippen LogP) is 5.66. The van der Waals surface area contributed by atoms with Crippen LogP contribution in [0.25, 0.3) is 0 Å². The standard InChI is InChI=1S/C15H25Br2ClO/c1-13(2)11(16)6-8-15(4,19-13)10-5-7-14(3,17)12(18)9-10/h10-12H,5-9H2,1-4H3. The minimum Gasteiger partial charge on any atom is -0.368 e. The normalized spacial score (nSPS) is 51.0. The molecule has 1 aliphatic carbocycles. The smallest absolute Gasteiger partial charge is 0.0758 e. The molecule has 2 rings (SSSR count). The molecular formula is C15H25Br2ClO. The van der Waals surface area contributed by atoms with Crippen molar-refractivity contribution in [3.8, 4) is 0 Å². The Morgan fingerprint density at radius 2 is 1.74 bits per heavy atom. The molecule has 0 bridgehead atoms. The van der Waals surface area contributed by atoms with Gasteiger partial charge in [-0.2, -0.15) is 0 Å². The largest absolute Gasteiger partial charge is 0.368 e. The van der Waals surface area contributed by atoms with Gasteiger partial charge in [0.05, 0.1) is 11.2 Å². The Labute approximate surface area is 139 Å². The average molecular weight is 417 g/mol. The molecule has 5 unspecified atom stereocenters. The van der Waals surface area contributed by atoms with E-state index in [1.807, 2.05) is 0 Å². The van der Waals surface area contributed by atoms with E-state index in [9.17, 15) is 0 Å². The lowest BCUT2D eigenvalue weighted by Crippen LogP contribution is -2.55. The van der Waals surface area contributed by atoms with Gasteiger partial charge in [0.1, 0.15) is 0 Å². The Morgan fingerprint density at radius 3 is 2.26 bits per heavy atom. The quantitative estimate of drug-likeness (QED) is 0.501. The first kappa shape index (κ1) is 16.6. The molecule has 1 aliphatic heterocycles. The minimum absolute atomic E-state index is 0.0234. The molecule has 0 aromatic heterocycles. The summed E-state index contributed by atoms with van der Waals surface area (Å²) in [6.07, 6.45) is 5.68. The molecule has 1 saturated heterocycles. The van der Waals surface area contributed by atoms with Gasteiger partial charge in [-0.15, -0.1) is 11.6 Å². The van der Waals surface area contributed by atoms with Crippen LogP contribution in [0.4, 0.5) is 0 Å². The van der Waals surface area contributed by atoms with Crippen LogP contribution in [0.1, 0.15) is 59.8 Å². The van der Waals surface area contributed by atoms with Gasteiger partial charge < -0.3 is 4.74 Å². The maximum atomic E-state index is 6.57. The lowest BCUT2D eigenvalue weighted by Gasteiger charge is -2.52. The first-order valence-corrected chi connectivity index (χ1v) is 9.38. The van der Waals surface area contributed by atoms with E-state index in [0.29, 0.717) is 10.7 Å². The Kier molecular flexibility index (Phi) is 4.75. The molecule has 1 heterocycles. The molecule has 1 nitrogen and oxygen atoms in total. The van der Waals surface area contributed by atoms with Gasteiger partial charge in [0.2, 0.25) is 0 Å². The summed E-state index contributed by atoms with van der Waals surface area (Å²) in [5.41, 5.74) is -0.117. The molecule has 2 aliphatic rings. The Hall–Kier alpha value is 1.21. The molecule has 0 radical (unpaired) electrons. The van der Waals surface area contributed by atoms with E-state index in [0.717, 1.165) is 19.3 Å². The van der Waals surface area contributed by atoms with Crippen LogP contribution < -0.4 is 0 Å². The van der Waals surface area contributed by atoms with Crippen molar-refractivity contribution < 1.29 is 4.74 Å². The second-order valence-electron chi connectivity index (χ2n) is 7.24. The molecule has 0 spiro atoms. The third kappa shape index (κ3) is 3.35.